The Morgan fingerprint density at radius 2 is 2.06 bits per heavy atom. The lowest BCUT2D eigenvalue weighted by Gasteiger charge is -2.05. The Morgan fingerprint density at radius 3 is 2.76 bits per heavy atom. The normalized spacial score (nSPS) is 9.94. The van der Waals surface area contributed by atoms with Crippen LogP contribution >= 0.6 is 0 Å². The van der Waals surface area contributed by atoms with E-state index in [0.717, 1.165) is 0 Å². The number of nitro groups is 1. The van der Waals surface area contributed by atoms with E-state index in [4.69, 9.17) is 0 Å². The number of rotatable bonds is 3. The molecule has 5 nitrogen and oxygen atoms in total. The van der Waals surface area contributed by atoms with Crippen LogP contribution in [0.1, 0.15) is 0 Å². The van der Waals surface area contributed by atoms with Crippen LogP contribution in [0, 0.1) is 15.9 Å². The number of para-hydroxylation sites is 1. The minimum Gasteiger partial charge on any atom is -0.338 e. The zero-order chi connectivity index (χ0) is 12.3. The maximum absolute atomic E-state index is 13.3. The Labute approximate surface area is 96.1 Å². The fourth-order valence-electron chi connectivity index (χ4n) is 1.30. The van der Waals surface area contributed by atoms with Gasteiger partial charge in [0.05, 0.1) is 16.7 Å². The van der Waals surface area contributed by atoms with Crippen molar-refractivity contribution in [3.05, 3.63) is 58.5 Å². The highest BCUT2D eigenvalue weighted by molar-refractivity contribution is 5.58. The van der Waals surface area contributed by atoms with Gasteiger partial charge in [-0.1, -0.05) is 12.1 Å². The third kappa shape index (κ3) is 2.54. The number of anilines is 2. The number of hydrogen-bond acceptors (Lipinski definition) is 4. The van der Waals surface area contributed by atoms with Gasteiger partial charge in [0.1, 0.15) is 11.6 Å². The van der Waals surface area contributed by atoms with Crippen molar-refractivity contribution >= 4 is 17.2 Å². The van der Waals surface area contributed by atoms with Crippen molar-refractivity contribution < 1.29 is 9.31 Å². The molecule has 1 N–H and O–H groups in total. The Kier molecular flexibility index (Phi) is 2.95. The summed E-state index contributed by atoms with van der Waals surface area (Å²) >= 11 is 0. The highest BCUT2D eigenvalue weighted by atomic mass is 19.1. The molecule has 0 aliphatic carbocycles. The molecule has 0 amide bonds. The van der Waals surface area contributed by atoms with Crippen molar-refractivity contribution in [1.82, 2.24) is 4.98 Å². The van der Waals surface area contributed by atoms with Crippen LogP contribution in [0.15, 0.2) is 42.6 Å². The van der Waals surface area contributed by atoms with Crippen LogP contribution in [-0.2, 0) is 0 Å². The monoisotopic (exact) mass is 233 g/mol. The van der Waals surface area contributed by atoms with E-state index in [1.165, 1.54) is 30.5 Å². The first-order valence-electron chi connectivity index (χ1n) is 4.79. The molecule has 17 heavy (non-hydrogen) atoms. The van der Waals surface area contributed by atoms with Crippen LogP contribution in [0.3, 0.4) is 0 Å². The molecule has 2 rings (SSSR count). The number of hydrogen-bond donors (Lipinski definition) is 1. The van der Waals surface area contributed by atoms with E-state index >= 15 is 0 Å². The molecule has 86 valence electrons. The summed E-state index contributed by atoms with van der Waals surface area (Å²) in [6.45, 7) is 0. The molecule has 1 aromatic heterocycles. The Hall–Kier alpha value is -2.50. The predicted octanol–water partition coefficient (Wildman–Crippen LogP) is 2.87. The number of halogens is 1. The molecule has 2 aromatic rings. The SMILES string of the molecule is O=[N+]([O-])c1ccnc(Nc2ccccc2F)c1. The first-order valence-corrected chi connectivity index (χ1v) is 4.79. The van der Waals surface area contributed by atoms with Crippen LogP contribution in [0.2, 0.25) is 0 Å². The molecule has 0 aliphatic rings. The summed E-state index contributed by atoms with van der Waals surface area (Å²) in [4.78, 5) is 13.9. The Bertz CT molecular complexity index is 560. The second kappa shape index (κ2) is 4.56. The molecule has 0 aliphatic heterocycles. The van der Waals surface area contributed by atoms with Gasteiger partial charge in [-0.3, -0.25) is 10.1 Å². The average molecular weight is 233 g/mol. The molecule has 0 spiro atoms. The van der Waals surface area contributed by atoms with Crippen LogP contribution in [0.5, 0.6) is 0 Å². The van der Waals surface area contributed by atoms with E-state index in [2.05, 4.69) is 10.3 Å². The quantitative estimate of drug-likeness (QED) is 0.653. The highest BCUT2D eigenvalue weighted by Gasteiger charge is 2.08. The van der Waals surface area contributed by atoms with Gasteiger partial charge in [0.2, 0.25) is 0 Å². The zero-order valence-corrected chi connectivity index (χ0v) is 8.63. The number of nitrogens with one attached hydrogen (secondary N) is 1. The van der Waals surface area contributed by atoms with Crippen LogP contribution in [0.4, 0.5) is 21.6 Å². The second-order valence-electron chi connectivity index (χ2n) is 3.26. The fourth-order valence-corrected chi connectivity index (χ4v) is 1.30. The summed E-state index contributed by atoms with van der Waals surface area (Å²) in [6.07, 6.45) is 1.29. The van der Waals surface area contributed by atoms with E-state index in [9.17, 15) is 14.5 Å². The van der Waals surface area contributed by atoms with Gasteiger partial charge in [0.15, 0.2) is 0 Å². The van der Waals surface area contributed by atoms with Gasteiger partial charge >= 0.3 is 0 Å². The highest BCUT2D eigenvalue weighted by Crippen LogP contribution is 2.20. The van der Waals surface area contributed by atoms with Crippen LogP contribution < -0.4 is 5.32 Å². The molecule has 0 bridgehead atoms. The maximum Gasteiger partial charge on any atom is 0.274 e. The first-order chi connectivity index (χ1) is 8.16. The topological polar surface area (TPSA) is 68.1 Å². The molecule has 1 heterocycles. The smallest absolute Gasteiger partial charge is 0.274 e. The molecular formula is C11H8FN3O2. The van der Waals surface area contributed by atoms with E-state index in [1.54, 1.807) is 12.1 Å². The molecule has 0 fully saturated rings. The minimum atomic E-state index is -0.534. The number of nitrogens with zero attached hydrogens (tertiary/aromatic N) is 2. The van der Waals surface area contributed by atoms with Gasteiger partial charge in [0.25, 0.3) is 5.69 Å². The summed E-state index contributed by atoms with van der Waals surface area (Å²) in [5, 5.41) is 13.2. The third-order valence-electron chi connectivity index (χ3n) is 2.09. The van der Waals surface area contributed by atoms with Crippen molar-refractivity contribution in [2.24, 2.45) is 0 Å². The lowest BCUT2D eigenvalue weighted by atomic mass is 10.3. The zero-order valence-electron chi connectivity index (χ0n) is 8.63. The molecule has 0 unspecified atom stereocenters. The van der Waals surface area contributed by atoms with Crippen molar-refractivity contribution in [2.45, 2.75) is 0 Å². The molecule has 0 saturated heterocycles. The van der Waals surface area contributed by atoms with Crippen molar-refractivity contribution in [3.63, 3.8) is 0 Å². The summed E-state index contributed by atoms with van der Waals surface area (Å²) in [5.74, 6) is -0.217. The number of pyridine rings is 1. The van der Waals surface area contributed by atoms with Gasteiger partial charge in [-0.25, -0.2) is 9.37 Å². The lowest BCUT2D eigenvalue weighted by Crippen LogP contribution is -1.97. The Balaban J connectivity index is 2.28. The standard InChI is InChI=1S/C11H8FN3O2/c12-9-3-1-2-4-10(9)14-11-7-8(15(16)17)5-6-13-11/h1-7H,(H,13,14). The largest absolute Gasteiger partial charge is 0.338 e. The maximum atomic E-state index is 13.3. The Morgan fingerprint density at radius 1 is 1.29 bits per heavy atom. The van der Waals surface area contributed by atoms with E-state index in [1.807, 2.05) is 0 Å². The summed E-state index contributed by atoms with van der Waals surface area (Å²) in [7, 11) is 0. The lowest BCUT2D eigenvalue weighted by molar-refractivity contribution is -0.384. The summed E-state index contributed by atoms with van der Waals surface area (Å²) in [6, 6.07) is 8.54. The minimum absolute atomic E-state index is 0.0983. The third-order valence-corrected chi connectivity index (χ3v) is 2.09. The van der Waals surface area contributed by atoms with Crippen LogP contribution in [-0.4, -0.2) is 9.91 Å². The molecule has 0 atom stereocenters. The molecule has 0 saturated carbocycles. The van der Waals surface area contributed by atoms with Gasteiger partial charge < -0.3 is 5.32 Å². The molecule has 6 heteroatoms. The van der Waals surface area contributed by atoms with E-state index in [0.29, 0.717) is 0 Å². The summed E-state index contributed by atoms with van der Waals surface area (Å²) in [5.41, 5.74) is 0.124. The second-order valence-corrected chi connectivity index (χ2v) is 3.26. The van der Waals surface area contributed by atoms with Gasteiger partial charge in [-0.15, -0.1) is 0 Å². The molecule has 0 radical (unpaired) electrons. The molecular weight excluding hydrogens is 225 g/mol. The number of benzene rings is 1. The van der Waals surface area contributed by atoms with Crippen molar-refractivity contribution in [1.29, 1.82) is 0 Å². The van der Waals surface area contributed by atoms with E-state index in [-0.39, 0.29) is 17.2 Å². The van der Waals surface area contributed by atoms with Crippen LogP contribution in [0.25, 0.3) is 0 Å². The number of aromatic nitrogens is 1. The van der Waals surface area contributed by atoms with Gasteiger partial charge in [-0.05, 0) is 12.1 Å². The van der Waals surface area contributed by atoms with E-state index < -0.39 is 10.7 Å². The van der Waals surface area contributed by atoms with Gasteiger partial charge in [-0.2, -0.15) is 0 Å². The van der Waals surface area contributed by atoms with Crippen molar-refractivity contribution in [2.75, 3.05) is 5.32 Å². The van der Waals surface area contributed by atoms with Crippen molar-refractivity contribution in [3.8, 4) is 0 Å². The molecule has 1 aromatic carbocycles. The van der Waals surface area contributed by atoms with Gasteiger partial charge in [0, 0.05) is 12.3 Å². The predicted molar refractivity (Wildman–Crippen MR) is 60.6 cm³/mol. The average Bonchev–Trinajstić information content (AvgIpc) is 2.32. The first kappa shape index (κ1) is 11.0. The summed E-state index contributed by atoms with van der Waals surface area (Å²) < 4.78 is 13.3. The fraction of sp³-hybridized carbons (Fsp3) is 0.